The van der Waals surface area contributed by atoms with E-state index < -0.39 is 0 Å². The van der Waals surface area contributed by atoms with Gasteiger partial charge in [-0.1, -0.05) is 12.1 Å². The largest absolute Gasteiger partial charge is 0.444 e. The van der Waals surface area contributed by atoms with Crippen molar-refractivity contribution in [3.8, 4) is 0 Å². The minimum absolute atomic E-state index is 0.0922. The van der Waals surface area contributed by atoms with Crippen molar-refractivity contribution in [2.24, 2.45) is 4.99 Å². The minimum atomic E-state index is -0.228. The standard InChI is InChI=1S/C21H30FN5O2/c1-4-23-21(25-14-20-26-15(2)16(3)29-20)24-13-19(27-9-11-28-12-10-27)17-5-7-18(22)8-6-17/h5-8,19H,4,9-14H2,1-3H3,(H2,23,24,25). The van der Waals surface area contributed by atoms with Crippen LogP contribution in [0, 0.1) is 19.7 Å². The van der Waals surface area contributed by atoms with E-state index in [2.05, 4.69) is 25.5 Å². The maximum Gasteiger partial charge on any atom is 0.216 e. The molecule has 0 aliphatic carbocycles. The van der Waals surface area contributed by atoms with Crippen molar-refractivity contribution < 1.29 is 13.5 Å². The topological polar surface area (TPSA) is 74.9 Å². The van der Waals surface area contributed by atoms with E-state index in [0.29, 0.717) is 38.2 Å². The van der Waals surface area contributed by atoms with Gasteiger partial charge in [0, 0.05) is 26.2 Å². The molecule has 2 N–H and O–H groups in total. The molecule has 1 aromatic heterocycles. The van der Waals surface area contributed by atoms with Gasteiger partial charge in [0.25, 0.3) is 0 Å². The lowest BCUT2D eigenvalue weighted by atomic mass is 10.0. The number of hydrogen-bond acceptors (Lipinski definition) is 5. The molecule has 1 aliphatic rings. The molecule has 1 aromatic carbocycles. The Morgan fingerprint density at radius 2 is 1.93 bits per heavy atom. The highest BCUT2D eigenvalue weighted by molar-refractivity contribution is 5.79. The second-order valence-corrected chi connectivity index (χ2v) is 7.04. The number of nitrogens with zero attached hydrogens (tertiary/aromatic N) is 3. The molecule has 1 saturated heterocycles. The predicted molar refractivity (Wildman–Crippen MR) is 110 cm³/mol. The maximum atomic E-state index is 13.4. The Morgan fingerprint density at radius 3 is 2.55 bits per heavy atom. The van der Waals surface area contributed by atoms with E-state index in [0.717, 1.165) is 36.7 Å². The summed E-state index contributed by atoms with van der Waals surface area (Å²) < 4.78 is 24.5. The van der Waals surface area contributed by atoms with Crippen molar-refractivity contribution in [1.29, 1.82) is 0 Å². The lowest BCUT2D eigenvalue weighted by Gasteiger charge is -2.35. The Hall–Kier alpha value is -2.45. The van der Waals surface area contributed by atoms with Crippen LogP contribution in [0.5, 0.6) is 0 Å². The van der Waals surface area contributed by atoms with E-state index in [-0.39, 0.29) is 11.9 Å². The maximum absolute atomic E-state index is 13.4. The van der Waals surface area contributed by atoms with Gasteiger partial charge in [-0.2, -0.15) is 0 Å². The average molecular weight is 404 g/mol. The highest BCUT2D eigenvalue weighted by Gasteiger charge is 2.23. The zero-order chi connectivity index (χ0) is 20.6. The fourth-order valence-corrected chi connectivity index (χ4v) is 3.32. The van der Waals surface area contributed by atoms with Crippen molar-refractivity contribution in [3.63, 3.8) is 0 Å². The number of rotatable bonds is 7. The fourth-order valence-electron chi connectivity index (χ4n) is 3.32. The van der Waals surface area contributed by atoms with Crippen LogP contribution in [0.25, 0.3) is 0 Å². The number of aliphatic imine (C=N–C) groups is 1. The minimum Gasteiger partial charge on any atom is -0.444 e. The highest BCUT2D eigenvalue weighted by atomic mass is 19.1. The van der Waals surface area contributed by atoms with Gasteiger partial charge in [0.15, 0.2) is 5.96 Å². The Bertz CT molecular complexity index is 780. The van der Waals surface area contributed by atoms with Gasteiger partial charge in [-0.15, -0.1) is 0 Å². The molecule has 7 nitrogen and oxygen atoms in total. The van der Waals surface area contributed by atoms with Crippen molar-refractivity contribution in [1.82, 2.24) is 20.5 Å². The van der Waals surface area contributed by atoms with Gasteiger partial charge in [-0.25, -0.2) is 14.4 Å². The summed E-state index contributed by atoms with van der Waals surface area (Å²) in [5.74, 6) is 1.88. The number of aromatic nitrogens is 1. The van der Waals surface area contributed by atoms with Gasteiger partial charge < -0.3 is 19.8 Å². The van der Waals surface area contributed by atoms with Gasteiger partial charge in [-0.05, 0) is 38.5 Å². The molecule has 3 rings (SSSR count). The molecule has 29 heavy (non-hydrogen) atoms. The fraction of sp³-hybridized carbons (Fsp3) is 0.524. The summed E-state index contributed by atoms with van der Waals surface area (Å²) in [5.41, 5.74) is 1.95. The highest BCUT2D eigenvalue weighted by Crippen LogP contribution is 2.21. The smallest absolute Gasteiger partial charge is 0.216 e. The summed E-state index contributed by atoms with van der Waals surface area (Å²) in [7, 11) is 0. The number of guanidine groups is 1. The quantitative estimate of drug-likeness (QED) is 0.547. The monoisotopic (exact) mass is 403 g/mol. The third kappa shape index (κ3) is 6.01. The van der Waals surface area contributed by atoms with E-state index in [4.69, 9.17) is 9.15 Å². The molecule has 0 radical (unpaired) electrons. The van der Waals surface area contributed by atoms with Crippen LogP contribution in [0.2, 0.25) is 0 Å². The van der Waals surface area contributed by atoms with Crippen LogP contribution in [0.3, 0.4) is 0 Å². The summed E-state index contributed by atoms with van der Waals surface area (Å²) in [6, 6.07) is 6.80. The first-order valence-corrected chi connectivity index (χ1v) is 10.1. The molecule has 1 fully saturated rings. The number of oxazole rings is 1. The van der Waals surface area contributed by atoms with Gasteiger partial charge in [-0.3, -0.25) is 4.90 Å². The van der Waals surface area contributed by atoms with Crippen LogP contribution in [0.1, 0.15) is 35.9 Å². The molecule has 0 spiro atoms. The van der Waals surface area contributed by atoms with Crippen LogP contribution in [-0.4, -0.2) is 55.2 Å². The SMILES string of the molecule is CCNC(=NCc1nc(C)c(C)o1)NCC(c1ccc(F)cc1)N1CCOCC1. The third-order valence-electron chi connectivity index (χ3n) is 4.99. The van der Waals surface area contributed by atoms with Gasteiger partial charge >= 0.3 is 0 Å². The normalized spacial score (nSPS) is 16.6. The van der Waals surface area contributed by atoms with Crippen molar-refractivity contribution in [2.45, 2.75) is 33.4 Å². The Labute approximate surface area is 171 Å². The van der Waals surface area contributed by atoms with E-state index in [1.165, 1.54) is 12.1 Å². The van der Waals surface area contributed by atoms with Crippen LogP contribution in [0.4, 0.5) is 4.39 Å². The van der Waals surface area contributed by atoms with Crippen LogP contribution in [-0.2, 0) is 11.3 Å². The molecule has 0 bridgehead atoms. The third-order valence-corrected chi connectivity index (χ3v) is 4.99. The summed E-state index contributed by atoms with van der Waals surface area (Å²) in [6.07, 6.45) is 0. The second-order valence-electron chi connectivity index (χ2n) is 7.04. The number of halogens is 1. The zero-order valence-corrected chi connectivity index (χ0v) is 17.4. The summed E-state index contributed by atoms with van der Waals surface area (Å²) in [6.45, 7) is 10.7. The van der Waals surface area contributed by atoms with Gasteiger partial charge in [0.2, 0.25) is 5.89 Å². The Kier molecular flexibility index (Phi) is 7.60. The Balaban J connectivity index is 1.70. The van der Waals surface area contributed by atoms with E-state index in [9.17, 15) is 4.39 Å². The van der Waals surface area contributed by atoms with E-state index in [1.54, 1.807) is 0 Å². The number of nitrogens with one attached hydrogen (secondary N) is 2. The molecular weight excluding hydrogens is 373 g/mol. The van der Waals surface area contributed by atoms with Crippen molar-refractivity contribution >= 4 is 5.96 Å². The first kappa shape index (κ1) is 21.3. The van der Waals surface area contributed by atoms with Crippen LogP contribution >= 0.6 is 0 Å². The molecule has 1 atom stereocenters. The van der Waals surface area contributed by atoms with Crippen LogP contribution < -0.4 is 10.6 Å². The lowest BCUT2D eigenvalue weighted by Crippen LogP contribution is -2.46. The number of benzene rings is 1. The number of aryl methyl sites for hydroxylation is 2. The first-order chi connectivity index (χ1) is 14.1. The second kappa shape index (κ2) is 10.4. The molecule has 2 aromatic rings. The number of ether oxygens (including phenoxy) is 1. The Morgan fingerprint density at radius 1 is 1.21 bits per heavy atom. The zero-order valence-electron chi connectivity index (χ0n) is 17.4. The lowest BCUT2D eigenvalue weighted by molar-refractivity contribution is 0.0170. The molecule has 158 valence electrons. The van der Waals surface area contributed by atoms with Crippen molar-refractivity contribution in [2.75, 3.05) is 39.4 Å². The molecule has 2 heterocycles. The molecule has 0 amide bonds. The van der Waals surface area contributed by atoms with Crippen LogP contribution in [0.15, 0.2) is 33.7 Å². The van der Waals surface area contributed by atoms with E-state index >= 15 is 0 Å². The summed E-state index contributed by atoms with van der Waals surface area (Å²) in [4.78, 5) is 11.3. The predicted octanol–water partition coefficient (Wildman–Crippen LogP) is 2.56. The van der Waals surface area contributed by atoms with Gasteiger partial charge in [0.1, 0.15) is 18.1 Å². The molecule has 1 unspecified atom stereocenters. The average Bonchev–Trinajstić information content (AvgIpc) is 3.05. The molecular formula is C21H30FN5O2. The molecule has 1 aliphatic heterocycles. The summed E-state index contributed by atoms with van der Waals surface area (Å²) >= 11 is 0. The van der Waals surface area contributed by atoms with E-state index in [1.807, 2.05) is 32.9 Å². The molecule has 8 heteroatoms. The molecule has 0 saturated carbocycles. The first-order valence-electron chi connectivity index (χ1n) is 10.1. The summed E-state index contributed by atoms with van der Waals surface area (Å²) in [5, 5.41) is 6.68. The number of morpholine rings is 1. The number of hydrogen-bond donors (Lipinski definition) is 2. The van der Waals surface area contributed by atoms with Crippen molar-refractivity contribution in [3.05, 3.63) is 53.0 Å². The van der Waals surface area contributed by atoms with Gasteiger partial charge in [0.05, 0.1) is 24.9 Å².